The van der Waals surface area contributed by atoms with Crippen molar-refractivity contribution in [2.24, 2.45) is 0 Å². The normalized spacial score (nSPS) is 23.8. The van der Waals surface area contributed by atoms with Crippen molar-refractivity contribution in [3.63, 3.8) is 0 Å². The van der Waals surface area contributed by atoms with Gasteiger partial charge in [0.05, 0.1) is 0 Å². The molecule has 0 amide bonds. The molecule has 2 saturated heterocycles. The van der Waals surface area contributed by atoms with Crippen molar-refractivity contribution in [1.82, 2.24) is 9.80 Å². The quantitative estimate of drug-likeness (QED) is 0.785. The highest BCUT2D eigenvalue weighted by atomic mass is 16.7. The highest BCUT2D eigenvalue weighted by molar-refractivity contribution is 5.57. The average Bonchev–Trinajstić information content (AvgIpc) is 2.40. The van der Waals surface area contributed by atoms with Crippen LogP contribution in [0.1, 0.15) is 45.4 Å². The van der Waals surface area contributed by atoms with Gasteiger partial charge in [-0.15, -0.1) is 0 Å². The third kappa shape index (κ3) is 2.95. The summed E-state index contributed by atoms with van der Waals surface area (Å²) in [6, 6.07) is 0. The number of nitrogens with zero attached hydrogens (tertiary/aromatic N) is 2. The highest BCUT2D eigenvalue weighted by Crippen LogP contribution is 2.29. The van der Waals surface area contributed by atoms with Crippen LogP contribution in [-0.4, -0.2) is 53.1 Å². The summed E-state index contributed by atoms with van der Waals surface area (Å²) in [5, 5.41) is 9.03. The molecule has 0 bridgehead atoms. The first-order chi connectivity index (χ1) is 8.63. The van der Waals surface area contributed by atoms with Crippen LogP contribution in [0.15, 0.2) is 0 Å². The van der Waals surface area contributed by atoms with Crippen LogP contribution < -0.4 is 0 Å². The van der Waals surface area contributed by atoms with Crippen LogP contribution in [-0.2, 0) is 4.74 Å². The van der Waals surface area contributed by atoms with Crippen molar-refractivity contribution < 1.29 is 14.6 Å². The molecule has 2 aliphatic heterocycles. The third-order valence-electron chi connectivity index (χ3n) is 4.17. The summed E-state index contributed by atoms with van der Waals surface area (Å²) < 4.78 is 5.29. The van der Waals surface area contributed by atoms with Crippen LogP contribution in [0.5, 0.6) is 0 Å². The Kier molecular flexibility index (Phi) is 4.45. The zero-order valence-corrected chi connectivity index (χ0v) is 11.2. The number of hydrogen-bond acceptors (Lipinski definition) is 4. The van der Waals surface area contributed by atoms with Crippen LogP contribution in [0.25, 0.3) is 0 Å². The van der Waals surface area contributed by atoms with E-state index in [0.717, 1.165) is 51.9 Å². The van der Waals surface area contributed by atoms with E-state index in [0.29, 0.717) is 0 Å². The first kappa shape index (κ1) is 13.6. The molecule has 18 heavy (non-hydrogen) atoms. The number of piperidine rings is 2. The van der Waals surface area contributed by atoms with Gasteiger partial charge in [-0.05, 0) is 25.7 Å². The van der Waals surface area contributed by atoms with Gasteiger partial charge in [0.15, 0.2) is 0 Å². The van der Waals surface area contributed by atoms with Crippen molar-refractivity contribution >= 4 is 6.16 Å². The molecule has 2 aliphatic rings. The summed E-state index contributed by atoms with van der Waals surface area (Å²) in [4.78, 5) is 15.4. The van der Waals surface area contributed by atoms with Gasteiger partial charge in [0.1, 0.15) is 0 Å². The Hall–Kier alpha value is -0.810. The van der Waals surface area contributed by atoms with Crippen molar-refractivity contribution in [3.05, 3.63) is 0 Å². The Morgan fingerprint density at radius 2 is 1.33 bits per heavy atom. The van der Waals surface area contributed by atoms with E-state index in [4.69, 9.17) is 9.84 Å². The second kappa shape index (κ2) is 5.89. The molecule has 5 heteroatoms. The number of ether oxygens (including phenoxy) is 1. The lowest BCUT2D eigenvalue weighted by Crippen LogP contribution is -2.63. The summed E-state index contributed by atoms with van der Waals surface area (Å²) in [6.45, 7) is 5.64. The first-order valence-electron chi connectivity index (χ1n) is 7.05. The Bertz CT molecular complexity index is 266. The smallest absolute Gasteiger partial charge is 0.450 e. The monoisotopic (exact) mass is 256 g/mol. The molecule has 0 spiro atoms. The molecule has 2 rings (SSSR count). The third-order valence-corrected chi connectivity index (χ3v) is 4.17. The van der Waals surface area contributed by atoms with Crippen LogP contribution in [0, 0.1) is 0 Å². The molecule has 2 heterocycles. The molecule has 0 aromatic rings. The number of carbonyl (C=O) groups is 1. The van der Waals surface area contributed by atoms with Crippen molar-refractivity contribution in [3.8, 4) is 0 Å². The van der Waals surface area contributed by atoms with E-state index in [1.807, 2.05) is 6.92 Å². The van der Waals surface area contributed by atoms with Gasteiger partial charge in [0.25, 0.3) is 0 Å². The maximum atomic E-state index is 11.0. The summed E-state index contributed by atoms with van der Waals surface area (Å²) >= 11 is 0. The second-order valence-electron chi connectivity index (χ2n) is 5.40. The van der Waals surface area contributed by atoms with Gasteiger partial charge < -0.3 is 9.84 Å². The van der Waals surface area contributed by atoms with Crippen LogP contribution in [0.3, 0.4) is 0 Å². The van der Waals surface area contributed by atoms with Gasteiger partial charge in [-0.2, -0.15) is 0 Å². The summed E-state index contributed by atoms with van der Waals surface area (Å²) in [5.74, 6) is -0.771. The van der Waals surface area contributed by atoms with Crippen LogP contribution in [0.4, 0.5) is 4.79 Å². The maximum absolute atomic E-state index is 11.0. The Balaban J connectivity index is 2.11. The van der Waals surface area contributed by atoms with Gasteiger partial charge >= 0.3 is 6.16 Å². The van der Waals surface area contributed by atoms with E-state index in [1.165, 1.54) is 12.8 Å². The maximum Gasteiger partial charge on any atom is 0.508 e. The Labute approximate surface area is 109 Å². The van der Waals surface area contributed by atoms with Gasteiger partial charge in [0.2, 0.25) is 5.85 Å². The number of hydrogen-bond donors (Lipinski definition) is 1. The highest BCUT2D eigenvalue weighted by Gasteiger charge is 2.42. The van der Waals surface area contributed by atoms with Gasteiger partial charge in [-0.3, -0.25) is 9.80 Å². The first-order valence-corrected chi connectivity index (χ1v) is 7.05. The molecule has 0 aliphatic carbocycles. The number of carboxylic acid groups (broad SMARTS) is 1. The molecule has 0 saturated carbocycles. The SMILES string of the molecule is CC(OC(=O)O)(N1CCCCC1)N1CCCCC1. The molecule has 0 radical (unpaired) electrons. The summed E-state index contributed by atoms with van der Waals surface area (Å²) in [7, 11) is 0. The molecule has 0 atom stereocenters. The minimum atomic E-state index is -1.17. The molecule has 0 aromatic carbocycles. The molecule has 0 unspecified atom stereocenters. The summed E-state index contributed by atoms with van der Waals surface area (Å²) in [6.07, 6.45) is 5.82. The largest absolute Gasteiger partial charge is 0.508 e. The lowest BCUT2D eigenvalue weighted by Gasteiger charge is -2.49. The van der Waals surface area contributed by atoms with E-state index in [1.54, 1.807) is 0 Å². The number of rotatable bonds is 3. The van der Waals surface area contributed by atoms with Gasteiger partial charge in [0, 0.05) is 33.1 Å². The Morgan fingerprint density at radius 1 is 0.944 bits per heavy atom. The second-order valence-corrected chi connectivity index (χ2v) is 5.40. The fourth-order valence-electron chi connectivity index (χ4n) is 3.11. The average molecular weight is 256 g/mol. The molecular weight excluding hydrogens is 232 g/mol. The van der Waals surface area contributed by atoms with Crippen molar-refractivity contribution in [2.75, 3.05) is 26.2 Å². The summed E-state index contributed by atoms with van der Waals surface area (Å²) in [5.41, 5.74) is 0. The van der Waals surface area contributed by atoms with Crippen molar-refractivity contribution in [1.29, 1.82) is 0 Å². The minimum Gasteiger partial charge on any atom is -0.450 e. The minimum absolute atomic E-state index is 0.771. The topological polar surface area (TPSA) is 53.0 Å². The van der Waals surface area contributed by atoms with Crippen LogP contribution >= 0.6 is 0 Å². The zero-order valence-electron chi connectivity index (χ0n) is 11.2. The number of likely N-dealkylation sites (tertiary alicyclic amines) is 2. The lowest BCUT2D eigenvalue weighted by molar-refractivity contribution is -0.219. The Morgan fingerprint density at radius 3 is 1.67 bits per heavy atom. The fourth-order valence-corrected chi connectivity index (χ4v) is 3.11. The fraction of sp³-hybridized carbons (Fsp3) is 0.923. The zero-order chi connectivity index (χ0) is 13.0. The van der Waals surface area contributed by atoms with Crippen molar-refractivity contribution in [2.45, 2.75) is 51.3 Å². The van der Waals surface area contributed by atoms with E-state index in [9.17, 15) is 4.79 Å². The molecule has 5 nitrogen and oxygen atoms in total. The molecule has 0 aromatic heterocycles. The van der Waals surface area contributed by atoms with E-state index >= 15 is 0 Å². The van der Waals surface area contributed by atoms with Crippen LogP contribution in [0.2, 0.25) is 0 Å². The molecule has 104 valence electrons. The predicted molar refractivity (Wildman–Crippen MR) is 68.4 cm³/mol. The van der Waals surface area contributed by atoms with Gasteiger partial charge in [-0.25, -0.2) is 4.79 Å². The standard InChI is InChI=1S/C13H24N2O3/c1-13(18-12(16)17,14-8-4-2-5-9-14)15-10-6-3-7-11-15/h2-11H2,1H3,(H,16,17). The molecule has 2 fully saturated rings. The van der Waals surface area contributed by atoms with E-state index < -0.39 is 12.0 Å². The molecular formula is C13H24N2O3. The molecule has 1 N–H and O–H groups in total. The van der Waals surface area contributed by atoms with E-state index in [-0.39, 0.29) is 0 Å². The lowest BCUT2D eigenvalue weighted by atomic mass is 10.1. The van der Waals surface area contributed by atoms with Gasteiger partial charge in [-0.1, -0.05) is 12.8 Å². The van der Waals surface area contributed by atoms with E-state index in [2.05, 4.69) is 9.80 Å². The predicted octanol–water partition coefficient (Wildman–Crippen LogP) is 2.33.